The van der Waals surface area contributed by atoms with E-state index in [1.54, 1.807) is 11.6 Å². The minimum Gasteiger partial charge on any atom is -0.315 e. The molecule has 8 heteroatoms. The van der Waals surface area contributed by atoms with Gasteiger partial charge in [0.05, 0.1) is 12.2 Å². The Morgan fingerprint density at radius 3 is 2.20 bits per heavy atom. The van der Waals surface area contributed by atoms with Gasteiger partial charge in [0.25, 0.3) is 11.5 Å². The molecule has 1 aliphatic heterocycles. The lowest BCUT2D eigenvalue weighted by atomic mass is 9.82. The highest BCUT2D eigenvalue weighted by Crippen LogP contribution is 2.36. The largest absolute Gasteiger partial charge is 0.325 e. The summed E-state index contributed by atoms with van der Waals surface area (Å²) in [7, 11) is 0. The molecule has 0 unspecified atom stereocenters. The molecule has 1 saturated heterocycles. The van der Waals surface area contributed by atoms with Gasteiger partial charge < -0.3 is 5.32 Å². The summed E-state index contributed by atoms with van der Waals surface area (Å²) in [5.41, 5.74) is 0.114. The Labute approximate surface area is 175 Å². The monoisotopic (exact) mass is 416 g/mol. The Morgan fingerprint density at radius 1 is 0.933 bits per heavy atom. The van der Waals surface area contributed by atoms with E-state index in [0.717, 1.165) is 4.90 Å². The molecule has 148 valence electrons. The molecule has 1 N–H and O–H groups in total. The summed E-state index contributed by atoms with van der Waals surface area (Å²) in [4.78, 5) is 45.0. The molecule has 0 radical (unpaired) electrons. The van der Waals surface area contributed by atoms with Crippen molar-refractivity contribution in [3.05, 3.63) is 105 Å². The molecular weight excluding hydrogens is 400 g/mol. The quantitative estimate of drug-likeness (QED) is 0.519. The van der Waals surface area contributed by atoms with Crippen molar-refractivity contribution in [1.82, 2.24) is 19.6 Å². The third kappa shape index (κ3) is 2.73. The van der Waals surface area contributed by atoms with Crippen molar-refractivity contribution in [2.24, 2.45) is 0 Å². The molecule has 2 aromatic heterocycles. The lowest BCUT2D eigenvalue weighted by Crippen LogP contribution is -2.45. The highest BCUT2D eigenvalue weighted by atomic mass is 32.1. The smallest absolute Gasteiger partial charge is 0.315 e. The Hall–Kier alpha value is -3.78. The number of nitrogens with zero attached hydrogens (tertiary/aromatic N) is 3. The molecule has 0 saturated carbocycles. The van der Waals surface area contributed by atoms with Crippen molar-refractivity contribution in [2.75, 3.05) is 0 Å². The molecule has 7 nitrogen and oxygen atoms in total. The fraction of sp³-hybridized carbons (Fsp3) is 0.0909. The van der Waals surface area contributed by atoms with Crippen LogP contribution in [0.4, 0.5) is 4.79 Å². The molecule has 1 fully saturated rings. The molecular formula is C22H16N4O3S. The van der Waals surface area contributed by atoms with E-state index >= 15 is 0 Å². The number of fused-ring (bicyclic) bond motifs is 1. The number of aromatic nitrogens is 2. The number of rotatable bonds is 4. The van der Waals surface area contributed by atoms with Gasteiger partial charge in [0.1, 0.15) is 0 Å². The van der Waals surface area contributed by atoms with E-state index in [-0.39, 0.29) is 12.1 Å². The van der Waals surface area contributed by atoms with Crippen molar-refractivity contribution in [2.45, 2.75) is 12.1 Å². The molecule has 0 atom stereocenters. The van der Waals surface area contributed by atoms with Crippen LogP contribution in [0.5, 0.6) is 0 Å². The van der Waals surface area contributed by atoms with Crippen LogP contribution in [-0.4, -0.2) is 26.2 Å². The van der Waals surface area contributed by atoms with Gasteiger partial charge in [0, 0.05) is 17.6 Å². The molecule has 0 bridgehead atoms. The van der Waals surface area contributed by atoms with E-state index < -0.39 is 17.5 Å². The maximum Gasteiger partial charge on any atom is 0.325 e. The van der Waals surface area contributed by atoms with Crippen molar-refractivity contribution in [1.29, 1.82) is 0 Å². The minimum atomic E-state index is -1.33. The number of benzene rings is 2. The van der Waals surface area contributed by atoms with Crippen LogP contribution in [0, 0.1) is 0 Å². The third-order valence-electron chi connectivity index (χ3n) is 5.20. The van der Waals surface area contributed by atoms with E-state index in [2.05, 4.69) is 10.3 Å². The first-order valence-corrected chi connectivity index (χ1v) is 10.2. The van der Waals surface area contributed by atoms with Crippen LogP contribution in [0.25, 0.3) is 4.96 Å². The van der Waals surface area contributed by atoms with Gasteiger partial charge >= 0.3 is 6.03 Å². The minimum absolute atomic E-state index is 0.0876. The Morgan fingerprint density at radius 2 is 1.57 bits per heavy atom. The van der Waals surface area contributed by atoms with E-state index in [4.69, 9.17) is 0 Å². The Bertz CT molecular complexity index is 1270. The van der Waals surface area contributed by atoms with Gasteiger partial charge in [-0.3, -0.25) is 18.9 Å². The van der Waals surface area contributed by atoms with Crippen LogP contribution in [0.1, 0.15) is 16.8 Å². The second kappa shape index (κ2) is 6.93. The maximum atomic E-state index is 13.7. The summed E-state index contributed by atoms with van der Waals surface area (Å²) in [6.07, 6.45) is 1.64. The molecule has 4 aromatic rings. The number of thiazole rings is 1. The average Bonchev–Trinajstić information content (AvgIpc) is 3.34. The molecule has 5 rings (SSSR count). The van der Waals surface area contributed by atoms with Crippen LogP contribution in [-0.2, 0) is 16.9 Å². The second-order valence-electron chi connectivity index (χ2n) is 6.94. The predicted molar refractivity (Wildman–Crippen MR) is 112 cm³/mol. The summed E-state index contributed by atoms with van der Waals surface area (Å²) in [5, 5.41) is 4.66. The normalized spacial score (nSPS) is 15.5. The van der Waals surface area contributed by atoms with Gasteiger partial charge in [-0.25, -0.2) is 9.78 Å². The van der Waals surface area contributed by atoms with Gasteiger partial charge in [0.2, 0.25) is 0 Å². The second-order valence-corrected chi connectivity index (χ2v) is 7.82. The molecule has 1 aliphatic rings. The molecule has 3 amide bonds. The number of hydrogen-bond donors (Lipinski definition) is 1. The zero-order chi connectivity index (χ0) is 20.7. The number of hydrogen-bond acceptors (Lipinski definition) is 5. The summed E-state index contributed by atoms with van der Waals surface area (Å²) in [5.74, 6) is -0.405. The highest BCUT2D eigenvalue weighted by molar-refractivity contribution is 7.15. The van der Waals surface area contributed by atoms with Crippen molar-refractivity contribution in [3.8, 4) is 0 Å². The number of carbonyl (C=O) groups excluding carboxylic acids is 2. The van der Waals surface area contributed by atoms with Gasteiger partial charge in [0.15, 0.2) is 10.5 Å². The fourth-order valence-corrected chi connectivity index (χ4v) is 4.52. The zero-order valence-corrected chi connectivity index (χ0v) is 16.5. The lowest BCUT2D eigenvalue weighted by Gasteiger charge is -2.28. The zero-order valence-electron chi connectivity index (χ0n) is 15.7. The highest BCUT2D eigenvalue weighted by Gasteiger charge is 2.53. The number of amides is 3. The maximum absolute atomic E-state index is 13.7. The lowest BCUT2D eigenvalue weighted by molar-refractivity contribution is -0.130. The Balaban J connectivity index is 1.59. The predicted octanol–water partition coefficient (Wildman–Crippen LogP) is 2.75. The van der Waals surface area contributed by atoms with Gasteiger partial charge in [-0.1, -0.05) is 60.7 Å². The van der Waals surface area contributed by atoms with Gasteiger partial charge in [-0.15, -0.1) is 11.3 Å². The summed E-state index contributed by atoms with van der Waals surface area (Å²) >= 11 is 1.32. The molecule has 30 heavy (non-hydrogen) atoms. The SMILES string of the molecule is O=C1NC(c2ccccc2)(c2ccccc2)C(=O)N1Cc1cc(=O)n2ccsc2n1. The Kier molecular flexibility index (Phi) is 4.22. The molecule has 2 aromatic carbocycles. The van der Waals surface area contributed by atoms with Crippen molar-refractivity contribution in [3.63, 3.8) is 0 Å². The summed E-state index contributed by atoms with van der Waals surface area (Å²) in [6, 6.07) is 19.1. The summed E-state index contributed by atoms with van der Waals surface area (Å²) in [6.45, 7) is -0.0876. The van der Waals surface area contributed by atoms with Crippen LogP contribution in [0.2, 0.25) is 0 Å². The van der Waals surface area contributed by atoms with E-state index in [1.807, 2.05) is 60.7 Å². The van der Waals surface area contributed by atoms with Crippen LogP contribution >= 0.6 is 11.3 Å². The third-order valence-corrected chi connectivity index (χ3v) is 5.95. The van der Waals surface area contributed by atoms with Crippen LogP contribution in [0.3, 0.4) is 0 Å². The number of carbonyl (C=O) groups is 2. The topological polar surface area (TPSA) is 83.8 Å². The first kappa shape index (κ1) is 18.3. The van der Waals surface area contributed by atoms with Crippen LogP contribution in [0.15, 0.2) is 83.1 Å². The van der Waals surface area contributed by atoms with E-state index in [9.17, 15) is 14.4 Å². The van der Waals surface area contributed by atoms with Crippen molar-refractivity contribution < 1.29 is 9.59 Å². The fourth-order valence-electron chi connectivity index (χ4n) is 3.78. The van der Waals surface area contributed by atoms with Crippen molar-refractivity contribution >= 4 is 28.2 Å². The molecule has 0 spiro atoms. The number of imide groups is 1. The first-order chi connectivity index (χ1) is 14.6. The molecule has 3 heterocycles. The number of nitrogens with one attached hydrogen (secondary N) is 1. The van der Waals surface area contributed by atoms with Crippen LogP contribution < -0.4 is 10.9 Å². The van der Waals surface area contributed by atoms with E-state index in [0.29, 0.717) is 21.8 Å². The standard InChI is InChI=1S/C22H16N4O3S/c27-18-13-17(23-21-25(18)11-12-30-21)14-26-19(28)22(24-20(26)29,15-7-3-1-4-8-15)16-9-5-2-6-10-16/h1-13H,14H2,(H,24,29). The average molecular weight is 416 g/mol. The first-order valence-electron chi connectivity index (χ1n) is 9.30. The van der Waals surface area contributed by atoms with E-state index in [1.165, 1.54) is 21.8 Å². The summed E-state index contributed by atoms with van der Waals surface area (Å²) < 4.78 is 1.43. The molecule has 0 aliphatic carbocycles. The van der Waals surface area contributed by atoms with Gasteiger partial charge in [-0.2, -0.15) is 0 Å². The van der Waals surface area contributed by atoms with Gasteiger partial charge in [-0.05, 0) is 11.1 Å². The number of urea groups is 1.